The Morgan fingerprint density at radius 1 is 0.519 bits per heavy atom. The Balaban J connectivity index is 2.33. The van der Waals surface area contributed by atoms with Crippen molar-refractivity contribution in [2.75, 3.05) is 19.8 Å². The van der Waals surface area contributed by atoms with E-state index in [1.165, 1.54) is 128 Å². The van der Waals surface area contributed by atoms with Crippen LogP contribution in [0.25, 0.3) is 0 Å². The summed E-state index contributed by atoms with van der Waals surface area (Å²) in [5.41, 5.74) is 0. The minimum absolute atomic E-state index is 0.0697. The number of hydrogen-bond donors (Lipinski definition) is 6. The van der Waals surface area contributed by atoms with Crippen molar-refractivity contribution in [3.8, 4) is 0 Å². The zero-order valence-corrected chi connectivity index (χ0v) is 34.9. The molecular weight excluding hydrogens is 715 g/mol. The van der Waals surface area contributed by atoms with Crippen molar-refractivity contribution < 1.29 is 58.3 Å². The van der Waals surface area contributed by atoms with Crippen LogP contribution in [0.3, 0.4) is 0 Å². The summed E-state index contributed by atoms with van der Waals surface area (Å²) in [6, 6.07) is 0. The van der Waals surface area contributed by atoms with E-state index in [4.69, 9.17) is 18.5 Å². The van der Waals surface area contributed by atoms with Gasteiger partial charge in [0.1, 0.15) is 42.7 Å². The molecule has 13 heteroatoms. The first-order valence-electron chi connectivity index (χ1n) is 21.9. The Kier molecular flexibility index (Phi) is 31.7. The lowest BCUT2D eigenvalue weighted by Gasteiger charge is -2.41. The summed E-state index contributed by atoms with van der Waals surface area (Å²) < 4.78 is 34.0. The van der Waals surface area contributed by atoms with Gasteiger partial charge in [0.25, 0.3) is 0 Å². The predicted octanol–water partition coefficient (Wildman–Crippen LogP) is 8.20. The number of carbonyl (C=O) groups is 1. The van der Waals surface area contributed by atoms with Crippen LogP contribution in [0, 0.1) is 0 Å². The Hall–Kier alpha value is -0.660. The number of phosphoric acid groups is 1. The first kappa shape index (κ1) is 51.4. The van der Waals surface area contributed by atoms with E-state index in [1.807, 2.05) is 0 Å². The van der Waals surface area contributed by atoms with Crippen LogP contribution in [-0.2, 0) is 27.9 Å². The van der Waals surface area contributed by atoms with Gasteiger partial charge >= 0.3 is 13.8 Å². The van der Waals surface area contributed by atoms with Crippen molar-refractivity contribution in [3.63, 3.8) is 0 Å². The van der Waals surface area contributed by atoms with E-state index in [-0.39, 0.29) is 13.0 Å². The summed E-state index contributed by atoms with van der Waals surface area (Å²) in [5, 5.41) is 50.0. The molecule has 6 unspecified atom stereocenters. The van der Waals surface area contributed by atoms with Gasteiger partial charge in [-0.2, -0.15) is 0 Å². The Labute approximate surface area is 327 Å². The topological polar surface area (TPSA) is 192 Å². The minimum atomic E-state index is -5.00. The molecule has 0 aromatic heterocycles. The lowest BCUT2D eigenvalue weighted by molar-refractivity contribution is -0.220. The van der Waals surface area contributed by atoms with Gasteiger partial charge in [0, 0.05) is 13.0 Å². The smallest absolute Gasteiger partial charge is 0.457 e. The quantitative estimate of drug-likeness (QED) is 0.0201. The fraction of sp³-hybridized carbons (Fsp3) is 0.976. The molecule has 0 radical (unpaired) electrons. The molecule has 6 atom stereocenters. The number of aliphatic hydroxyl groups excluding tert-OH is 5. The van der Waals surface area contributed by atoms with Gasteiger partial charge in [0.05, 0.1) is 13.2 Å². The maximum absolute atomic E-state index is 12.7. The van der Waals surface area contributed by atoms with Gasteiger partial charge in [-0.15, -0.1) is 0 Å². The first-order chi connectivity index (χ1) is 26.0. The summed E-state index contributed by atoms with van der Waals surface area (Å²) in [4.78, 5) is 23.0. The summed E-state index contributed by atoms with van der Waals surface area (Å²) >= 11 is 0. The number of rotatable bonds is 37. The molecule has 0 aromatic rings. The molecule has 0 spiro atoms. The minimum Gasteiger partial charge on any atom is -0.457 e. The van der Waals surface area contributed by atoms with Crippen molar-refractivity contribution in [1.29, 1.82) is 0 Å². The van der Waals surface area contributed by atoms with Gasteiger partial charge in [-0.25, -0.2) is 4.57 Å². The summed E-state index contributed by atoms with van der Waals surface area (Å²) in [7, 11) is -5.00. The lowest BCUT2D eigenvalue weighted by atomic mass is 9.85. The van der Waals surface area contributed by atoms with Gasteiger partial charge in [-0.1, -0.05) is 174 Å². The number of carbonyl (C=O) groups excluding carboxylic acids is 1. The van der Waals surface area contributed by atoms with Gasteiger partial charge in [0.15, 0.2) is 0 Å². The van der Waals surface area contributed by atoms with Crippen LogP contribution in [0.1, 0.15) is 194 Å². The molecule has 1 aliphatic rings. The molecule has 0 bridgehead atoms. The highest BCUT2D eigenvalue weighted by molar-refractivity contribution is 7.47. The monoisotopic (exact) mass is 797 g/mol. The number of unbranched alkanes of at least 4 members (excludes halogenated alkanes) is 25. The lowest BCUT2D eigenvalue weighted by Crippen LogP contribution is -2.64. The standard InChI is InChI=1S/C41H81O12P/c1-3-5-7-9-11-13-14-15-16-17-18-19-20-21-22-23-24-26-28-30-35(42)52-34(32-50-31-29-27-25-12-10-8-6-4-2)33-51-54(48,49)53-41-39(46)37(44)36(43)38(45)40(41)47/h34,36-41,43-47H,3-33H2,1-2H3,(H,48,49). The molecule has 12 nitrogen and oxygen atoms in total. The number of phosphoric ester groups is 1. The molecule has 6 N–H and O–H groups in total. The molecule has 322 valence electrons. The average Bonchev–Trinajstić information content (AvgIpc) is 3.15. The van der Waals surface area contributed by atoms with Crippen molar-refractivity contribution >= 4 is 13.8 Å². The zero-order valence-electron chi connectivity index (χ0n) is 34.0. The zero-order chi connectivity index (χ0) is 39.9. The Morgan fingerprint density at radius 3 is 1.28 bits per heavy atom. The summed E-state index contributed by atoms with van der Waals surface area (Å²) in [6.45, 7) is 4.24. The van der Waals surface area contributed by atoms with Crippen LogP contribution in [0.4, 0.5) is 0 Å². The highest BCUT2D eigenvalue weighted by atomic mass is 31.2. The van der Waals surface area contributed by atoms with Gasteiger partial charge in [-0.05, 0) is 12.8 Å². The van der Waals surface area contributed by atoms with E-state index in [1.54, 1.807) is 0 Å². The van der Waals surface area contributed by atoms with Crippen LogP contribution in [0.2, 0.25) is 0 Å². The number of ether oxygens (including phenoxy) is 2. The maximum Gasteiger partial charge on any atom is 0.472 e. The van der Waals surface area contributed by atoms with E-state index in [0.717, 1.165) is 38.5 Å². The third-order valence-corrected chi connectivity index (χ3v) is 11.5. The molecule has 0 heterocycles. The van der Waals surface area contributed by atoms with Crippen LogP contribution in [0.15, 0.2) is 0 Å². The predicted molar refractivity (Wildman–Crippen MR) is 212 cm³/mol. The van der Waals surface area contributed by atoms with Crippen molar-refractivity contribution in [2.24, 2.45) is 0 Å². The molecule has 0 saturated heterocycles. The third kappa shape index (κ3) is 25.6. The molecule has 0 amide bonds. The Morgan fingerprint density at radius 2 is 0.870 bits per heavy atom. The second-order valence-electron chi connectivity index (χ2n) is 15.6. The molecule has 0 aromatic carbocycles. The highest BCUT2D eigenvalue weighted by Crippen LogP contribution is 2.47. The van der Waals surface area contributed by atoms with Crippen molar-refractivity contribution in [3.05, 3.63) is 0 Å². The maximum atomic E-state index is 12.7. The molecule has 1 aliphatic carbocycles. The second kappa shape index (κ2) is 33.3. The van der Waals surface area contributed by atoms with Crippen LogP contribution in [-0.4, -0.2) is 98.9 Å². The van der Waals surface area contributed by atoms with Gasteiger partial charge in [-0.3, -0.25) is 13.8 Å². The molecular formula is C41H81O12P. The number of esters is 1. The van der Waals surface area contributed by atoms with Gasteiger partial charge in [0.2, 0.25) is 0 Å². The van der Waals surface area contributed by atoms with Crippen molar-refractivity contribution in [1.82, 2.24) is 0 Å². The van der Waals surface area contributed by atoms with Crippen LogP contribution in [0.5, 0.6) is 0 Å². The third-order valence-electron chi connectivity index (χ3n) is 10.5. The molecule has 1 saturated carbocycles. The summed E-state index contributed by atoms with van der Waals surface area (Å²) in [6.07, 6.45) is 20.5. The summed E-state index contributed by atoms with van der Waals surface area (Å²) in [5.74, 6) is -0.474. The number of aliphatic hydroxyl groups is 5. The fourth-order valence-corrected chi connectivity index (χ4v) is 7.92. The van der Waals surface area contributed by atoms with E-state index in [2.05, 4.69) is 13.8 Å². The Bertz CT molecular complexity index is 911. The molecule has 1 rings (SSSR count). The normalized spacial score (nSPS) is 23.3. The van der Waals surface area contributed by atoms with E-state index in [9.17, 15) is 39.8 Å². The second-order valence-corrected chi connectivity index (χ2v) is 17.0. The van der Waals surface area contributed by atoms with Crippen molar-refractivity contribution in [2.45, 2.75) is 236 Å². The molecule has 1 fully saturated rings. The van der Waals surface area contributed by atoms with Crippen LogP contribution < -0.4 is 0 Å². The largest absolute Gasteiger partial charge is 0.472 e. The fourth-order valence-electron chi connectivity index (χ4n) is 6.94. The van der Waals surface area contributed by atoms with Gasteiger partial charge < -0.3 is 39.9 Å². The molecule has 54 heavy (non-hydrogen) atoms. The van der Waals surface area contributed by atoms with E-state index < -0.39 is 63.1 Å². The SMILES string of the molecule is CCCCCCCCCCCCCCCCCCCCCC(=O)OC(COCCCCCCCCCC)COP(=O)(O)OC1C(O)C(O)C(O)C(O)C1O. The molecule has 0 aliphatic heterocycles. The van der Waals surface area contributed by atoms with E-state index >= 15 is 0 Å². The average molecular weight is 797 g/mol. The van der Waals surface area contributed by atoms with E-state index in [0.29, 0.717) is 13.0 Å². The van der Waals surface area contributed by atoms with Crippen LogP contribution >= 0.6 is 7.82 Å². The number of hydrogen-bond acceptors (Lipinski definition) is 11. The first-order valence-corrected chi connectivity index (χ1v) is 23.4. The highest BCUT2D eigenvalue weighted by Gasteiger charge is 2.51.